The van der Waals surface area contributed by atoms with Crippen LogP contribution in [0.5, 0.6) is 5.75 Å². The molecule has 0 spiro atoms. The Kier molecular flexibility index (Phi) is 11.3. The third-order valence-electron chi connectivity index (χ3n) is 5.26. The molecule has 0 radical (unpaired) electrons. The molecule has 38 heavy (non-hydrogen) atoms. The molecule has 1 amide bonds. The first-order valence-electron chi connectivity index (χ1n) is 12.0. The minimum atomic E-state index is -3.66. The first kappa shape index (κ1) is 30.3. The van der Waals surface area contributed by atoms with Crippen molar-refractivity contribution in [2.75, 3.05) is 13.7 Å². The maximum atomic E-state index is 13.4. The summed E-state index contributed by atoms with van der Waals surface area (Å²) in [6, 6.07) is 22.4. The topological polar surface area (TPSA) is 116 Å². The molecule has 8 nitrogen and oxygen atoms in total. The van der Waals surface area contributed by atoms with Crippen LogP contribution in [0.3, 0.4) is 0 Å². The summed E-state index contributed by atoms with van der Waals surface area (Å²) >= 11 is 0. The number of alkyl carbamates (subject to hydrolysis) is 1. The maximum Gasteiger partial charge on any atom is 0.407 e. The molecule has 0 saturated heterocycles. The minimum absolute atomic E-state index is 0.133. The van der Waals surface area contributed by atoms with Crippen LogP contribution >= 0.6 is 0 Å². The van der Waals surface area contributed by atoms with E-state index in [9.17, 15) is 13.2 Å². The molecule has 0 aliphatic heterocycles. The van der Waals surface area contributed by atoms with Crippen molar-refractivity contribution in [1.29, 1.82) is 0 Å². The predicted octanol–water partition coefficient (Wildman–Crippen LogP) is 5.21. The number of methoxy groups -OCH3 is 1. The summed E-state index contributed by atoms with van der Waals surface area (Å²) in [6.45, 7) is 5.93. The van der Waals surface area contributed by atoms with Crippen LogP contribution in [-0.4, -0.2) is 39.9 Å². The SMILES string of the molecule is COc1ccc(-c2ccccc2)cc1S(=O)(=O)Cc1cccc(CCCNC(=O)OC(C)(C)C)c1.O=C=O. The van der Waals surface area contributed by atoms with E-state index in [1.54, 1.807) is 12.1 Å². The number of amides is 1. The zero-order valence-electron chi connectivity index (χ0n) is 22.0. The molecule has 0 aliphatic carbocycles. The van der Waals surface area contributed by atoms with Crippen molar-refractivity contribution in [3.63, 3.8) is 0 Å². The van der Waals surface area contributed by atoms with Crippen LogP contribution in [0.1, 0.15) is 38.3 Å². The van der Waals surface area contributed by atoms with Crippen molar-refractivity contribution in [3.8, 4) is 16.9 Å². The van der Waals surface area contributed by atoms with Gasteiger partial charge < -0.3 is 14.8 Å². The van der Waals surface area contributed by atoms with E-state index in [0.717, 1.165) is 16.7 Å². The largest absolute Gasteiger partial charge is 0.495 e. The highest BCUT2D eigenvalue weighted by Gasteiger charge is 2.21. The van der Waals surface area contributed by atoms with Gasteiger partial charge in [0.05, 0.1) is 12.9 Å². The zero-order valence-corrected chi connectivity index (χ0v) is 22.8. The summed E-state index contributed by atoms with van der Waals surface area (Å²) in [7, 11) is -2.18. The van der Waals surface area contributed by atoms with Gasteiger partial charge in [0.15, 0.2) is 9.84 Å². The lowest BCUT2D eigenvalue weighted by atomic mass is 10.1. The number of aryl methyl sites for hydroxylation is 1. The molecule has 3 aromatic rings. The fourth-order valence-electron chi connectivity index (χ4n) is 3.70. The molecule has 202 valence electrons. The van der Waals surface area contributed by atoms with Gasteiger partial charge in [0.25, 0.3) is 0 Å². The molecule has 0 saturated carbocycles. The fraction of sp³-hybridized carbons (Fsp3) is 0.310. The smallest absolute Gasteiger partial charge is 0.407 e. The fourth-order valence-corrected chi connectivity index (χ4v) is 5.24. The highest BCUT2D eigenvalue weighted by atomic mass is 32.2. The lowest BCUT2D eigenvalue weighted by Gasteiger charge is -2.19. The Balaban J connectivity index is 0.00000161. The Hall–Kier alpha value is -3.94. The van der Waals surface area contributed by atoms with Gasteiger partial charge in [-0.25, -0.2) is 13.2 Å². The van der Waals surface area contributed by atoms with E-state index in [1.807, 2.05) is 81.4 Å². The third-order valence-corrected chi connectivity index (χ3v) is 6.97. The van der Waals surface area contributed by atoms with Crippen molar-refractivity contribution in [1.82, 2.24) is 5.32 Å². The van der Waals surface area contributed by atoms with Gasteiger partial charge in [-0.1, -0.05) is 60.7 Å². The number of ether oxygens (including phenoxy) is 2. The van der Waals surface area contributed by atoms with Crippen molar-refractivity contribution < 1.29 is 32.3 Å². The van der Waals surface area contributed by atoms with Gasteiger partial charge in [-0.3, -0.25) is 0 Å². The summed E-state index contributed by atoms with van der Waals surface area (Å²) in [4.78, 5) is 28.2. The average molecular weight is 540 g/mol. The molecule has 3 rings (SSSR count). The van der Waals surface area contributed by atoms with E-state index in [2.05, 4.69) is 5.32 Å². The first-order valence-corrected chi connectivity index (χ1v) is 13.6. The predicted molar refractivity (Wildman–Crippen MR) is 143 cm³/mol. The molecule has 0 bridgehead atoms. The summed E-state index contributed by atoms with van der Waals surface area (Å²) in [5, 5.41) is 2.74. The molecule has 0 atom stereocenters. The van der Waals surface area contributed by atoms with Crippen LogP contribution in [0.15, 0.2) is 77.7 Å². The number of hydrogen-bond acceptors (Lipinski definition) is 7. The Morgan fingerprint density at radius 1 is 0.895 bits per heavy atom. The monoisotopic (exact) mass is 539 g/mol. The number of nitrogens with one attached hydrogen (secondary N) is 1. The molecule has 0 heterocycles. The van der Waals surface area contributed by atoms with Gasteiger partial charge in [0.1, 0.15) is 16.2 Å². The third kappa shape index (κ3) is 9.84. The van der Waals surface area contributed by atoms with E-state index in [-0.39, 0.29) is 16.8 Å². The van der Waals surface area contributed by atoms with Gasteiger partial charge in [0, 0.05) is 6.54 Å². The summed E-state index contributed by atoms with van der Waals surface area (Å²) in [5.74, 6) is 0.194. The van der Waals surface area contributed by atoms with E-state index in [4.69, 9.17) is 19.1 Å². The van der Waals surface area contributed by atoms with Crippen LogP contribution in [-0.2, 0) is 36.3 Å². The highest BCUT2D eigenvalue weighted by molar-refractivity contribution is 7.90. The number of benzene rings is 3. The minimum Gasteiger partial charge on any atom is -0.495 e. The van der Waals surface area contributed by atoms with E-state index in [0.29, 0.717) is 30.7 Å². The van der Waals surface area contributed by atoms with Crippen molar-refractivity contribution in [2.45, 2.75) is 49.9 Å². The second-order valence-corrected chi connectivity index (χ2v) is 11.4. The van der Waals surface area contributed by atoms with Gasteiger partial charge in [-0.05, 0) is 68.0 Å². The molecular formula is C29H33NO7S. The van der Waals surface area contributed by atoms with Crippen LogP contribution < -0.4 is 10.1 Å². The summed E-state index contributed by atoms with van der Waals surface area (Å²) in [5.41, 5.74) is 2.93. The summed E-state index contributed by atoms with van der Waals surface area (Å²) in [6.07, 6.45) is 1.22. The second-order valence-electron chi connectivity index (χ2n) is 9.43. The summed E-state index contributed by atoms with van der Waals surface area (Å²) < 4.78 is 37.4. The molecule has 0 aromatic heterocycles. The molecule has 1 N–H and O–H groups in total. The van der Waals surface area contributed by atoms with Gasteiger partial charge in [-0.15, -0.1) is 0 Å². The normalized spacial score (nSPS) is 10.9. The Bertz CT molecular complexity index is 1340. The Morgan fingerprint density at radius 2 is 1.55 bits per heavy atom. The van der Waals surface area contributed by atoms with Gasteiger partial charge >= 0.3 is 12.2 Å². The van der Waals surface area contributed by atoms with Gasteiger partial charge in [-0.2, -0.15) is 9.59 Å². The Morgan fingerprint density at radius 3 is 2.18 bits per heavy atom. The van der Waals surface area contributed by atoms with Gasteiger partial charge in [0.2, 0.25) is 0 Å². The van der Waals surface area contributed by atoms with Crippen LogP contribution in [0.25, 0.3) is 11.1 Å². The molecular weight excluding hydrogens is 506 g/mol. The number of hydrogen-bond donors (Lipinski definition) is 1. The first-order chi connectivity index (χ1) is 18.0. The van der Waals surface area contributed by atoms with Crippen LogP contribution in [0.2, 0.25) is 0 Å². The quantitative estimate of drug-likeness (QED) is 0.371. The Labute approximate surface area is 223 Å². The number of carbonyl (C=O) groups excluding carboxylic acids is 3. The lowest BCUT2D eigenvalue weighted by molar-refractivity contribution is -0.191. The average Bonchev–Trinajstić information content (AvgIpc) is 2.86. The van der Waals surface area contributed by atoms with E-state index >= 15 is 0 Å². The number of carbonyl (C=O) groups is 1. The number of rotatable bonds is 9. The standard InChI is InChI=1S/C28H33NO5S.CO2/c1-28(2,3)34-27(30)29-17-9-12-21-10-8-11-22(18-21)20-35(31,32)26-19-24(15-16-25(26)33-4)23-13-6-5-7-14-23;2-1-3/h5-8,10-11,13-16,18-19H,9,12,17,20H2,1-4H3,(H,29,30);. The zero-order chi connectivity index (χ0) is 28.2. The molecule has 9 heteroatoms. The molecule has 3 aromatic carbocycles. The second kappa shape index (κ2) is 14.1. The molecule has 0 unspecified atom stereocenters. The van der Waals surface area contributed by atoms with Crippen molar-refractivity contribution in [2.24, 2.45) is 0 Å². The molecule has 0 fully saturated rings. The highest BCUT2D eigenvalue weighted by Crippen LogP contribution is 2.32. The van der Waals surface area contributed by atoms with E-state index in [1.165, 1.54) is 7.11 Å². The number of sulfone groups is 1. The van der Waals surface area contributed by atoms with Crippen LogP contribution in [0, 0.1) is 0 Å². The van der Waals surface area contributed by atoms with Crippen molar-refractivity contribution >= 4 is 22.1 Å². The van der Waals surface area contributed by atoms with Crippen molar-refractivity contribution in [3.05, 3.63) is 83.9 Å². The van der Waals surface area contributed by atoms with E-state index < -0.39 is 21.5 Å². The molecule has 0 aliphatic rings. The van der Waals surface area contributed by atoms with Crippen LogP contribution in [0.4, 0.5) is 4.79 Å². The maximum absolute atomic E-state index is 13.4. The lowest BCUT2D eigenvalue weighted by Crippen LogP contribution is -2.33.